The van der Waals surface area contributed by atoms with E-state index in [2.05, 4.69) is 15.3 Å². The number of benzene rings is 1. The summed E-state index contributed by atoms with van der Waals surface area (Å²) in [6.45, 7) is 0. The van der Waals surface area contributed by atoms with Gasteiger partial charge in [-0.2, -0.15) is 9.37 Å². The fraction of sp³-hybridized carbons (Fsp3) is 0.0667. The number of hydrogen-bond donors (Lipinski definition) is 2. The van der Waals surface area contributed by atoms with E-state index in [4.69, 9.17) is 9.88 Å². The fourth-order valence-corrected chi connectivity index (χ4v) is 2.41. The van der Waals surface area contributed by atoms with Crippen LogP contribution < -0.4 is 15.2 Å². The highest BCUT2D eigenvalue weighted by molar-refractivity contribution is 7.97. The van der Waals surface area contributed by atoms with Crippen molar-refractivity contribution >= 4 is 34.2 Å². The third-order valence-electron chi connectivity index (χ3n) is 3.13. The number of aromatic nitrogens is 2. The van der Waals surface area contributed by atoms with Crippen molar-refractivity contribution in [2.75, 3.05) is 12.4 Å². The molecule has 0 saturated heterocycles. The largest absolute Gasteiger partial charge is 0.479 e. The highest BCUT2D eigenvalue weighted by Crippen LogP contribution is 2.30. The zero-order chi connectivity index (χ0) is 15.5. The van der Waals surface area contributed by atoms with Crippen molar-refractivity contribution in [3.63, 3.8) is 0 Å². The van der Waals surface area contributed by atoms with Crippen LogP contribution in [0.15, 0.2) is 47.5 Å². The predicted molar refractivity (Wildman–Crippen MR) is 85.8 cm³/mol. The van der Waals surface area contributed by atoms with Gasteiger partial charge in [0, 0.05) is 33.9 Å². The van der Waals surface area contributed by atoms with E-state index in [9.17, 15) is 4.39 Å². The van der Waals surface area contributed by atoms with Gasteiger partial charge in [0.05, 0.1) is 7.11 Å². The van der Waals surface area contributed by atoms with Crippen molar-refractivity contribution in [3.8, 4) is 5.88 Å². The first-order valence-electron chi connectivity index (χ1n) is 6.44. The average Bonchev–Trinajstić information content (AvgIpc) is 2.55. The van der Waals surface area contributed by atoms with Gasteiger partial charge >= 0.3 is 0 Å². The molecule has 112 valence electrons. The van der Waals surface area contributed by atoms with Crippen LogP contribution >= 0.6 is 11.9 Å². The molecule has 1 aromatic carbocycles. The quantitative estimate of drug-likeness (QED) is 0.567. The van der Waals surface area contributed by atoms with Gasteiger partial charge in [0.1, 0.15) is 5.52 Å². The number of anilines is 2. The van der Waals surface area contributed by atoms with E-state index in [1.165, 1.54) is 25.1 Å². The van der Waals surface area contributed by atoms with Crippen molar-refractivity contribution in [2.45, 2.75) is 4.90 Å². The van der Waals surface area contributed by atoms with Crippen LogP contribution in [-0.4, -0.2) is 17.1 Å². The number of rotatable bonds is 4. The Kier molecular flexibility index (Phi) is 4.08. The van der Waals surface area contributed by atoms with Crippen LogP contribution in [0.5, 0.6) is 5.88 Å². The topological polar surface area (TPSA) is 73.1 Å². The van der Waals surface area contributed by atoms with Crippen LogP contribution in [0.2, 0.25) is 0 Å². The maximum atomic E-state index is 13.6. The number of methoxy groups -OCH3 is 1. The molecule has 0 aliphatic heterocycles. The maximum absolute atomic E-state index is 13.6. The van der Waals surface area contributed by atoms with Crippen LogP contribution in [0.3, 0.4) is 0 Å². The Morgan fingerprint density at radius 1 is 1.23 bits per heavy atom. The SMILES string of the molecule is COc1nc(F)cc2c(Nc3ccc(SN)cc3)ccnc12. The molecule has 3 rings (SSSR count). The maximum Gasteiger partial charge on any atom is 0.243 e. The summed E-state index contributed by atoms with van der Waals surface area (Å²) in [4.78, 5) is 8.86. The van der Waals surface area contributed by atoms with Gasteiger partial charge in [0.2, 0.25) is 11.8 Å². The standard InChI is InChI=1S/C15H13FN4OS/c1-21-15-14-11(8-13(16)20-15)12(6-7-18-14)19-9-2-4-10(22-17)5-3-9/h2-8H,17H2,1H3,(H,18,19). The van der Waals surface area contributed by atoms with E-state index in [1.807, 2.05) is 24.3 Å². The predicted octanol–water partition coefficient (Wildman–Crippen LogP) is 3.49. The highest BCUT2D eigenvalue weighted by Gasteiger charge is 2.11. The Balaban J connectivity index is 2.04. The lowest BCUT2D eigenvalue weighted by Gasteiger charge is -2.11. The second-order valence-corrected chi connectivity index (χ2v) is 5.18. The van der Waals surface area contributed by atoms with Gasteiger partial charge in [0.25, 0.3) is 0 Å². The molecule has 22 heavy (non-hydrogen) atoms. The molecule has 0 amide bonds. The molecule has 0 unspecified atom stereocenters. The van der Waals surface area contributed by atoms with E-state index in [0.29, 0.717) is 10.9 Å². The smallest absolute Gasteiger partial charge is 0.243 e. The summed E-state index contributed by atoms with van der Waals surface area (Å²) in [6.07, 6.45) is 1.62. The van der Waals surface area contributed by atoms with Crippen LogP contribution in [-0.2, 0) is 0 Å². The second-order valence-electron chi connectivity index (χ2n) is 4.48. The summed E-state index contributed by atoms with van der Waals surface area (Å²) in [7, 11) is 1.44. The molecule has 0 radical (unpaired) electrons. The highest BCUT2D eigenvalue weighted by atomic mass is 32.2. The van der Waals surface area contributed by atoms with Gasteiger partial charge in [-0.25, -0.2) is 0 Å². The Bertz CT molecular complexity index is 810. The molecule has 0 aliphatic carbocycles. The molecular weight excluding hydrogens is 303 g/mol. The minimum atomic E-state index is -0.615. The molecule has 0 bridgehead atoms. The van der Waals surface area contributed by atoms with Gasteiger partial charge in [-0.15, -0.1) is 0 Å². The van der Waals surface area contributed by atoms with Crippen molar-refractivity contribution in [1.29, 1.82) is 0 Å². The lowest BCUT2D eigenvalue weighted by molar-refractivity contribution is 0.392. The molecule has 0 atom stereocenters. The molecular formula is C15H13FN4OS. The van der Waals surface area contributed by atoms with Crippen LogP contribution in [0, 0.1) is 5.95 Å². The number of nitrogens with zero attached hydrogens (tertiary/aromatic N) is 2. The zero-order valence-electron chi connectivity index (χ0n) is 11.7. The van der Waals surface area contributed by atoms with Crippen LogP contribution in [0.4, 0.5) is 15.8 Å². The number of ether oxygens (including phenoxy) is 1. The third-order valence-corrected chi connectivity index (χ3v) is 3.67. The monoisotopic (exact) mass is 316 g/mol. The van der Waals surface area contributed by atoms with E-state index >= 15 is 0 Å². The second kappa shape index (κ2) is 6.17. The molecule has 2 aromatic heterocycles. The van der Waals surface area contributed by atoms with Crippen LogP contribution in [0.1, 0.15) is 0 Å². The molecule has 2 heterocycles. The molecule has 0 saturated carbocycles. The van der Waals surface area contributed by atoms with Crippen molar-refractivity contribution in [1.82, 2.24) is 9.97 Å². The Hall–Kier alpha value is -2.38. The minimum absolute atomic E-state index is 0.161. The van der Waals surface area contributed by atoms with Crippen molar-refractivity contribution < 1.29 is 9.13 Å². The molecule has 3 N–H and O–H groups in total. The Morgan fingerprint density at radius 2 is 2.00 bits per heavy atom. The summed E-state index contributed by atoms with van der Waals surface area (Å²) < 4.78 is 18.7. The Morgan fingerprint density at radius 3 is 2.68 bits per heavy atom. The fourth-order valence-electron chi connectivity index (χ4n) is 2.11. The summed E-state index contributed by atoms with van der Waals surface area (Å²) in [5.41, 5.74) is 2.09. The van der Waals surface area contributed by atoms with Crippen molar-refractivity contribution in [3.05, 3.63) is 48.5 Å². The molecule has 0 spiro atoms. The van der Waals surface area contributed by atoms with E-state index < -0.39 is 5.95 Å². The first-order chi connectivity index (χ1) is 10.7. The molecule has 5 nitrogen and oxygen atoms in total. The Labute approximate surface area is 130 Å². The molecule has 0 aliphatic rings. The van der Waals surface area contributed by atoms with Gasteiger partial charge < -0.3 is 10.1 Å². The lowest BCUT2D eigenvalue weighted by atomic mass is 10.2. The molecule has 3 aromatic rings. The molecule has 7 heteroatoms. The number of hydrogen-bond acceptors (Lipinski definition) is 6. The first kappa shape index (κ1) is 14.6. The van der Waals surface area contributed by atoms with Crippen LogP contribution in [0.25, 0.3) is 10.9 Å². The van der Waals surface area contributed by atoms with Crippen molar-refractivity contribution in [2.24, 2.45) is 5.14 Å². The molecule has 0 fully saturated rings. The first-order valence-corrected chi connectivity index (χ1v) is 7.32. The number of fused-ring (bicyclic) bond motifs is 1. The number of pyridine rings is 2. The minimum Gasteiger partial charge on any atom is -0.479 e. The summed E-state index contributed by atoms with van der Waals surface area (Å²) >= 11 is 1.18. The van der Waals surface area contributed by atoms with E-state index in [1.54, 1.807) is 12.3 Å². The summed E-state index contributed by atoms with van der Waals surface area (Å²) in [5.74, 6) is -0.455. The third kappa shape index (κ3) is 2.81. The van der Waals surface area contributed by atoms with Gasteiger partial charge in [-0.3, -0.25) is 10.1 Å². The number of halogens is 1. The summed E-state index contributed by atoms with van der Waals surface area (Å²) in [5, 5.41) is 9.34. The zero-order valence-corrected chi connectivity index (χ0v) is 12.5. The normalized spacial score (nSPS) is 10.7. The van der Waals surface area contributed by atoms with E-state index in [0.717, 1.165) is 16.3 Å². The van der Waals surface area contributed by atoms with Gasteiger partial charge in [-0.1, -0.05) is 0 Å². The van der Waals surface area contributed by atoms with Gasteiger partial charge in [-0.05, 0) is 42.3 Å². The number of nitrogens with one attached hydrogen (secondary N) is 1. The summed E-state index contributed by atoms with van der Waals surface area (Å²) in [6, 6.07) is 10.7. The van der Waals surface area contributed by atoms with Gasteiger partial charge in [0.15, 0.2) is 0 Å². The average molecular weight is 316 g/mol. The lowest BCUT2D eigenvalue weighted by Crippen LogP contribution is -1.98. The van der Waals surface area contributed by atoms with E-state index in [-0.39, 0.29) is 5.88 Å². The number of nitrogens with two attached hydrogens (primary N) is 1.